The van der Waals surface area contributed by atoms with Crippen molar-refractivity contribution in [2.75, 3.05) is 0 Å². The van der Waals surface area contributed by atoms with Crippen LogP contribution in [-0.4, -0.2) is 28.4 Å². The minimum absolute atomic E-state index is 0. The Morgan fingerprint density at radius 3 is 2.40 bits per heavy atom. The molecule has 0 saturated heterocycles. The van der Waals surface area contributed by atoms with Crippen molar-refractivity contribution < 1.29 is 32.0 Å². The molecule has 2 aromatic rings. The Morgan fingerprint density at radius 2 is 1.86 bits per heavy atom. The molecule has 5 nitrogen and oxygen atoms in total. The Hall–Kier alpha value is -2.17. The van der Waals surface area contributed by atoms with E-state index in [-0.39, 0.29) is 31.4 Å². The number of oxime groups is 2. The first-order valence-corrected chi connectivity index (χ1v) is 11.5. The van der Waals surface area contributed by atoms with Crippen molar-refractivity contribution in [2.24, 2.45) is 10.3 Å². The van der Waals surface area contributed by atoms with Gasteiger partial charge in [-0.15, -0.1) is 0 Å². The number of halogens is 7. The van der Waals surface area contributed by atoms with Gasteiger partial charge in [0.25, 0.3) is 5.60 Å². The van der Waals surface area contributed by atoms with Crippen LogP contribution in [0.3, 0.4) is 0 Å². The largest absolute Gasteiger partial charge is 0.435 e. The van der Waals surface area contributed by atoms with Gasteiger partial charge in [0.05, 0.1) is 22.2 Å². The van der Waals surface area contributed by atoms with Gasteiger partial charge in [-0.3, -0.25) is 4.79 Å². The summed E-state index contributed by atoms with van der Waals surface area (Å²) in [6, 6.07) is 6.25. The van der Waals surface area contributed by atoms with Crippen LogP contribution < -0.4 is 0 Å². The topological polar surface area (TPSA) is 60.2 Å². The number of aryl methyl sites for hydroxylation is 1. The van der Waals surface area contributed by atoms with E-state index in [1.807, 2.05) is 0 Å². The minimum Gasteiger partial charge on any atom is -0.391 e. The Morgan fingerprint density at radius 1 is 1.20 bits per heavy atom. The number of alkyl halides is 3. The lowest BCUT2D eigenvalue weighted by Crippen LogP contribution is -2.42. The van der Waals surface area contributed by atoms with Crippen LogP contribution in [0, 0.1) is 12.7 Å². The maximum absolute atomic E-state index is 14.2. The molecule has 12 heteroatoms. The summed E-state index contributed by atoms with van der Waals surface area (Å²) in [6.07, 6.45) is -5.40. The molecule has 2 aromatic carbocycles. The van der Waals surface area contributed by atoms with Crippen LogP contribution >= 0.6 is 39.1 Å². The van der Waals surface area contributed by atoms with E-state index < -0.39 is 39.6 Å². The van der Waals surface area contributed by atoms with Crippen molar-refractivity contribution >= 4 is 55.2 Å². The van der Waals surface area contributed by atoms with Gasteiger partial charge in [0.1, 0.15) is 10.7 Å². The zero-order valence-electron chi connectivity index (χ0n) is 17.4. The molecule has 188 valence electrons. The molecule has 0 N–H and O–H groups in total. The molecule has 2 aliphatic rings. The molecular weight excluding hydrogens is 579 g/mol. The molecule has 2 heterocycles. The molecule has 0 aliphatic carbocycles. The molecule has 0 amide bonds. The number of rotatable bonds is 5. The van der Waals surface area contributed by atoms with Crippen molar-refractivity contribution in [1.29, 1.82) is 0 Å². The predicted octanol–water partition coefficient (Wildman–Crippen LogP) is 7.73. The maximum atomic E-state index is 14.2. The molecule has 0 bridgehead atoms. The van der Waals surface area contributed by atoms with Gasteiger partial charge in [0.15, 0.2) is 11.6 Å². The number of hydrogen-bond acceptors (Lipinski definition) is 5. The number of benzene rings is 2. The molecule has 4 rings (SSSR count). The van der Waals surface area contributed by atoms with E-state index in [1.165, 1.54) is 12.1 Å². The van der Waals surface area contributed by atoms with Crippen LogP contribution in [0.25, 0.3) is 0 Å². The monoisotopic (exact) mass is 596 g/mol. The molecule has 0 spiro atoms. The zero-order chi connectivity index (χ0) is 24.8. The first-order valence-electron chi connectivity index (χ1n) is 9.90. The van der Waals surface area contributed by atoms with Crippen LogP contribution in [0.5, 0.6) is 0 Å². The Bertz CT molecular complexity index is 1210. The summed E-state index contributed by atoms with van der Waals surface area (Å²) in [6.45, 7) is 1.67. The molecule has 0 radical (unpaired) electrons. The predicted molar refractivity (Wildman–Crippen MR) is 129 cm³/mol. The summed E-state index contributed by atoms with van der Waals surface area (Å²) >= 11 is 14.7. The van der Waals surface area contributed by atoms with Gasteiger partial charge in [-0.2, -0.15) is 13.2 Å². The van der Waals surface area contributed by atoms with E-state index in [9.17, 15) is 22.4 Å². The summed E-state index contributed by atoms with van der Waals surface area (Å²) in [7, 11) is 0. The van der Waals surface area contributed by atoms with Gasteiger partial charge >= 0.3 is 6.18 Å². The lowest BCUT2D eigenvalue weighted by atomic mass is 9.86. The fourth-order valence-corrected chi connectivity index (χ4v) is 4.76. The average Bonchev–Trinajstić information content (AvgIpc) is 3.38. The molecule has 2 atom stereocenters. The van der Waals surface area contributed by atoms with Crippen molar-refractivity contribution in [1.82, 2.24) is 0 Å². The second-order valence-electron chi connectivity index (χ2n) is 7.94. The number of ketones is 1. The highest BCUT2D eigenvalue weighted by Gasteiger charge is 2.62. The van der Waals surface area contributed by atoms with E-state index in [2.05, 4.69) is 26.2 Å². The van der Waals surface area contributed by atoms with Crippen molar-refractivity contribution in [3.8, 4) is 0 Å². The number of carbonyl (C=O) groups excluding carboxylic acids is 1. The molecule has 0 aromatic heterocycles. The Labute approximate surface area is 217 Å². The normalized spacial score (nSPS) is 21.5. The Kier molecular flexibility index (Phi) is 7.88. The van der Waals surface area contributed by atoms with Crippen molar-refractivity contribution in [3.63, 3.8) is 0 Å². The molecule has 0 unspecified atom stereocenters. The van der Waals surface area contributed by atoms with Gasteiger partial charge in [-0.1, -0.05) is 53.1 Å². The van der Waals surface area contributed by atoms with Crippen LogP contribution in [0.4, 0.5) is 17.6 Å². The molecule has 0 fully saturated rings. The summed E-state index contributed by atoms with van der Waals surface area (Å²) in [5.74, 6) is -1.21. The standard InChI is InChI=1S/C22H15BrCl2F4N2O3.CH4/c1-10-4-11(2-3-14(10)18(32)7-13-8-19(23)31-33-13)17-9-21(34-30-17,22(27,28)29)12-5-15(24)20(26)16(25)6-12;/h2-6,13H,7-9H2,1H3;1H4/t13-,21+;/m1./s1. The van der Waals surface area contributed by atoms with E-state index >= 15 is 0 Å². The third-order valence-corrected chi connectivity index (χ3v) is 6.62. The SMILES string of the molecule is C.Cc1cc(C2=NO[C@@](c3cc(Cl)c(F)c(Cl)c3)(C(F)(F)F)C2)ccc1C(=O)C[C@@H]1CC(Br)=NO1. The van der Waals surface area contributed by atoms with Gasteiger partial charge < -0.3 is 9.68 Å². The van der Waals surface area contributed by atoms with Crippen molar-refractivity contribution in [2.45, 2.75) is 51.5 Å². The van der Waals surface area contributed by atoms with Crippen LogP contribution in [-0.2, 0) is 15.3 Å². The van der Waals surface area contributed by atoms with E-state index in [0.717, 1.165) is 12.1 Å². The molecule has 35 heavy (non-hydrogen) atoms. The number of nitrogens with zero attached hydrogens (tertiary/aromatic N) is 2. The first kappa shape index (κ1) is 27.4. The van der Waals surface area contributed by atoms with Crippen LogP contribution in [0.1, 0.15) is 53.7 Å². The van der Waals surface area contributed by atoms with Gasteiger partial charge in [0, 0.05) is 24.0 Å². The second-order valence-corrected chi connectivity index (χ2v) is 9.67. The summed E-state index contributed by atoms with van der Waals surface area (Å²) in [5, 5.41) is 6.30. The van der Waals surface area contributed by atoms with Gasteiger partial charge in [0.2, 0.25) is 0 Å². The highest BCUT2D eigenvalue weighted by molar-refractivity contribution is 9.18. The Balaban J connectivity index is 0.00000342. The van der Waals surface area contributed by atoms with Crippen LogP contribution in [0.15, 0.2) is 40.6 Å². The molecule has 0 saturated carbocycles. The third-order valence-electron chi connectivity index (χ3n) is 5.61. The minimum atomic E-state index is -4.91. The molecule has 2 aliphatic heterocycles. The second kappa shape index (κ2) is 10.1. The summed E-state index contributed by atoms with van der Waals surface area (Å²) in [5.41, 5.74) is -2.04. The average molecular weight is 598 g/mol. The van der Waals surface area contributed by atoms with Gasteiger partial charge in [-0.05, 0) is 52.2 Å². The van der Waals surface area contributed by atoms with E-state index in [0.29, 0.717) is 27.7 Å². The van der Waals surface area contributed by atoms with Gasteiger partial charge in [-0.25, -0.2) is 4.39 Å². The fourth-order valence-electron chi connectivity index (χ4n) is 3.82. The highest BCUT2D eigenvalue weighted by Crippen LogP contribution is 2.50. The smallest absolute Gasteiger partial charge is 0.391 e. The lowest BCUT2D eigenvalue weighted by Gasteiger charge is -2.29. The number of carbonyl (C=O) groups is 1. The third kappa shape index (κ3) is 5.20. The number of hydrogen-bond donors (Lipinski definition) is 0. The van der Waals surface area contributed by atoms with E-state index in [1.54, 1.807) is 13.0 Å². The quantitative estimate of drug-likeness (QED) is 0.201. The van der Waals surface area contributed by atoms with Crippen molar-refractivity contribution in [3.05, 3.63) is 68.4 Å². The maximum Gasteiger partial charge on any atom is 0.435 e. The lowest BCUT2D eigenvalue weighted by molar-refractivity contribution is -0.275. The highest BCUT2D eigenvalue weighted by atomic mass is 79.9. The zero-order valence-corrected chi connectivity index (χ0v) is 20.4. The fraction of sp³-hybridized carbons (Fsp3) is 0.348. The van der Waals surface area contributed by atoms with E-state index in [4.69, 9.17) is 32.9 Å². The molecular formula is C23H19BrCl2F4N2O3. The summed E-state index contributed by atoms with van der Waals surface area (Å²) < 4.78 is 56.9. The summed E-state index contributed by atoms with van der Waals surface area (Å²) in [4.78, 5) is 22.8. The van der Waals surface area contributed by atoms with Crippen LogP contribution in [0.2, 0.25) is 10.0 Å². The number of Topliss-reactive ketones (excluding diaryl/α,β-unsaturated/α-hetero) is 1. The first-order chi connectivity index (χ1) is 15.9.